The van der Waals surface area contributed by atoms with Gasteiger partial charge in [0.25, 0.3) is 0 Å². The highest BCUT2D eigenvalue weighted by molar-refractivity contribution is 5.79. The van der Waals surface area contributed by atoms with Crippen molar-refractivity contribution in [3.05, 3.63) is 0 Å². The smallest absolute Gasteiger partial charge is 0.303 e. The molecule has 4 nitrogen and oxygen atoms in total. The zero-order valence-electron chi connectivity index (χ0n) is 10.9. The Morgan fingerprint density at radius 1 is 1.06 bits per heavy atom. The molecule has 0 saturated heterocycles. The zero-order valence-corrected chi connectivity index (χ0v) is 10.9. The molecule has 0 unspecified atom stereocenters. The molecule has 2 fully saturated rings. The Balaban J connectivity index is 1.76. The molecule has 0 bridgehead atoms. The molecule has 102 valence electrons. The van der Waals surface area contributed by atoms with Crippen LogP contribution in [0.25, 0.3) is 0 Å². The summed E-state index contributed by atoms with van der Waals surface area (Å²) < 4.78 is 0. The first-order valence-electron chi connectivity index (χ1n) is 7.11. The van der Waals surface area contributed by atoms with Gasteiger partial charge in [-0.1, -0.05) is 25.7 Å². The minimum absolute atomic E-state index is 0.0562. The second-order valence-electron chi connectivity index (χ2n) is 6.00. The summed E-state index contributed by atoms with van der Waals surface area (Å²) >= 11 is 0. The lowest BCUT2D eigenvalue weighted by atomic mass is 9.97. The number of rotatable bonds is 5. The summed E-state index contributed by atoms with van der Waals surface area (Å²) in [7, 11) is 0. The van der Waals surface area contributed by atoms with Gasteiger partial charge < -0.3 is 10.4 Å². The Labute approximate surface area is 108 Å². The molecule has 2 saturated carbocycles. The third-order valence-corrected chi connectivity index (χ3v) is 4.24. The molecule has 2 aliphatic rings. The molecule has 2 rings (SSSR count). The third kappa shape index (κ3) is 4.00. The first kappa shape index (κ1) is 13.4. The number of carbonyl (C=O) groups is 2. The Morgan fingerprint density at radius 3 is 2.17 bits per heavy atom. The van der Waals surface area contributed by atoms with Gasteiger partial charge in [0.1, 0.15) is 0 Å². The maximum absolute atomic E-state index is 12.0. The van der Waals surface area contributed by atoms with Crippen molar-refractivity contribution in [2.45, 2.75) is 70.3 Å². The molecular formula is C14H23NO3. The average molecular weight is 253 g/mol. The van der Waals surface area contributed by atoms with E-state index in [4.69, 9.17) is 5.11 Å². The number of aliphatic carboxylic acids is 1. The number of carboxylic acid groups (broad SMARTS) is 1. The van der Waals surface area contributed by atoms with Gasteiger partial charge in [0.15, 0.2) is 0 Å². The first-order valence-corrected chi connectivity index (χ1v) is 7.11. The van der Waals surface area contributed by atoms with E-state index in [1.165, 1.54) is 25.7 Å². The van der Waals surface area contributed by atoms with Crippen molar-refractivity contribution in [3.63, 3.8) is 0 Å². The summed E-state index contributed by atoms with van der Waals surface area (Å²) in [5, 5.41) is 11.9. The molecule has 18 heavy (non-hydrogen) atoms. The van der Waals surface area contributed by atoms with E-state index in [0.29, 0.717) is 12.5 Å². The quantitative estimate of drug-likeness (QED) is 0.740. The lowest BCUT2D eigenvalue weighted by molar-refractivity contribution is -0.138. The molecule has 1 amide bonds. The second-order valence-corrected chi connectivity index (χ2v) is 6.00. The van der Waals surface area contributed by atoms with E-state index in [9.17, 15) is 9.59 Å². The van der Waals surface area contributed by atoms with Gasteiger partial charge >= 0.3 is 5.97 Å². The summed E-state index contributed by atoms with van der Waals surface area (Å²) in [5.41, 5.74) is -0.222. The largest absolute Gasteiger partial charge is 0.481 e. The van der Waals surface area contributed by atoms with Crippen LogP contribution in [0.2, 0.25) is 0 Å². The zero-order chi connectivity index (χ0) is 13.0. The minimum Gasteiger partial charge on any atom is -0.481 e. The van der Waals surface area contributed by atoms with E-state index < -0.39 is 5.97 Å². The van der Waals surface area contributed by atoms with E-state index in [-0.39, 0.29) is 17.7 Å². The minimum atomic E-state index is -0.783. The Hall–Kier alpha value is -1.06. The van der Waals surface area contributed by atoms with Crippen molar-refractivity contribution in [1.82, 2.24) is 5.32 Å². The summed E-state index contributed by atoms with van der Waals surface area (Å²) in [6.07, 6.45) is 9.42. The van der Waals surface area contributed by atoms with Crippen molar-refractivity contribution < 1.29 is 14.7 Å². The molecule has 2 N–H and O–H groups in total. The van der Waals surface area contributed by atoms with Crippen LogP contribution in [0.4, 0.5) is 0 Å². The highest BCUT2D eigenvalue weighted by atomic mass is 16.4. The monoisotopic (exact) mass is 253 g/mol. The van der Waals surface area contributed by atoms with Crippen LogP contribution < -0.4 is 5.32 Å². The summed E-state index contributed by atoms with van der Waals surface area (Å²) in [4.78, 5) is 22.7. The molecule has 0 aromatic heterocycles. The van der Waals surface area contributed by atoms with Crippen molar-refractivity contribution in [2.24, 2.45) is 5.41 Å². The standard InChI is InChI=1S/C14H23NO3/c16-12(9-14(7-8-14)10-13(17)18)15-11-5-3-1-2-4-6-11/h11H,1-10H2,(H,15,16)(H,17,18). The fourth-order valence-corrected chi connectivity index (χ4v) is 2.96. The van der Waals surface area contributed by atoms with Gasteiger partial charge in [-0.05, 0) is 31.1 Å². The van der Waals surface area contributed by atoms with Crippen molar-refractivity contribution >= 4 is 11.9 Å². The van der Waals surface area contributed by atoms with E-state index in [1.807, 2.05) is 0 Å². The van der Waals surface area contributed by atoms with Crippen LogP contribution in [0.5, 0.6) is 0 Å². The second kappa shape index (κ2) is 5.72. The lowest BCUT2D eigenvalue weighted by Gasteiger charge is -2.18. The predicted octanol–water partition coefficient (Wildman–Crippen LogP) is 2.47. The van der Waals surface area contributed by atoms with Crippen LogP contribution in [-0.2, 0) is 9.59 Å². The number of hydrogen-bond acceptors (Lipinski definition) is 2. The van der Waals surface area contributed by atoms with Crippen molar-refractivity contribution in [3.8, 4) is 0 Å². The van der Waals surface area contributed by atoms with Crippen molar-refractivity contribution in [2.75, 3.05) is 0 Å². The van der Waals surface area contributed by atoms with Gasteiger partial charge in [-0.25, -0.2) is 0 Å². The third-order valence-electron chi connectivity index (χ3n) is 4.24. The molecular weight excluding hydrogens is 230 g/mol. The van der Waals surface area contributed by atoms with Gasteiger partial charge in [-0.15, -0.1) is 0 Å². The van der Waals surface area contributed by atoms with Gasteiger partial charge in [-0.3, -0.25) is 9.59 Å². The number of carbonyl (C=O) groups excluding carboxylic acids is 1. The van der Waals surface area contributed by atoms with Crippen LogP contribution in [0.3, 0.4) is 0 Å². The molecule has 0 aliphatic heterocycles. The highest BCUT2D eigenvalue weighted by Gasteiger charge is 2.46. The van der Waals surface area contributed by atoms with Gasteiger partial charge in [-0.2, -0.15) is 0 Å². The highest BCUT2D eigenvalue weighted by Crippen LogP contribution is 2.51. The van der Waals surface area contributed by atoms with Crippen LogP contribution in [0.15, 0.2) is 0 Å². The fourth-order valence-electron chi connectivity index (χ4n) is 2.96. The maximum atomic E-state index is 12.0. The summed E-state index contributed by atoms with van der Waals surface area (Å²) in [5.74, 6) is -0.726. The Bertz CT molecular complexity index is 315. The molecule has 2 aliphatic carbocycles. The molecule has 0 aromatic carbocycles. The van der Waals surface area contributed by atoms with Crippen LogP contribution in [-0.4, -0.2) is 23.0 Å². The van der Waals surface area contributed by atoms with Crippen molar-refractivity contribution in [1.29, 1.82) is 0 Å². The number of amides is 1. The lowest BCUT2D eigenvalue weighted by Crippen LogP contribution is -2.36. The van der Waals surface area contributed by atoms with E-state index in [1.54, 1.807) is 0 Å². The van der Waals surface area contributed by atoms with Gasteiger partial charge in [0.05, 0.1) is 6.42 Å². The molecule has 0 spiro atoms. The molecule has 4 heteroatoms. The van der Waals surface area contributed by atoms with E-state index >= 15 is 0 Å². The van der Waals surface area contributed by atoms with Crippen LogP contribution in [0, 0.1) is 5.41 Å². The molecule has 0 aromatic rings. The van der Waals surface area contributed by atoms with Crippen LogP contribution >= 0.6 is 0 Å². The Morgan fingerprint density at radius 2 is 1.67 bits per heavy atom. The van der Waals surface area contributed by atoms with E-state index in [2.05, 4.69) is 5.32 Å². The van der Waals surface area contributed by atoms with Crippen LogP contribution in [0.1, 0.15) is 64.2 Å². The van der Waals surface area contributed by atoms with Gasteiger partial charge in [0.2, 0.25) is 5.91 Å². The maximum Gasteiger partial charge on any atom is 0.303 e. The predicted molar refractivity (Wildman–Crippen MR) is 68.2 cm³/mol. The summed E-state index contributed by atoms with van der Waals surface area (Å²) in [6.45, 7) is 0. The molecule has 0 atom stereocenters. The number of nitrogens with one attached hydrogen (secondary N) is 1. The molecule has 0 radical (unpaired) electrons. The Kier molecular flexibility index (Phi) is 4.25. The summed E-state index contributed by atoms with van der Waals surface area (Å²) in [6, 6.07) is 0.320. The normalized spacial score (nSPS) is 23.1. The average Bonchev–Trinajstić information content (AvgIpc) is 3.03. The number of carboxylic acids is 1. The topological polar surface area (TPSA) is 66.4 Å². The van der Waals surface area contributed by atoms with Gasteiger partial charge in [0, 0.05) is 12.5 Å². The first-order chi connectivity index (χ1) is 8.60. The van der Waals surface area contributed by atoms with E-state index in [0.717, 1.165) is 25.7 Å². The SMILES string of the molecule is O=C(O)CC1(CC(=O)NC2CCCCCC2)CC1. The number of hydrogen-bond donors (Lipinski definition) is 2. The fraction of sp³-hybridized carbons (Fsp3) is 0.857. The molecule has 0 heterocycles.